The van der Waals surface area contributed by atoms with Gasteiger partial charge in [-0.1, -0.05) is 45.0 Å². The first kappa shape index (κ1) is 14.6. The van der Waals surface area contributed by atoms with Gasteiger partial charge >= 0.3 is 0 Å². The number of carbonyl (C=O) groups is 1. The maximum absolute atomic E-state index is 12.2. The molecule has 2 rings (SSSR count). The van der Waals surface area contributed by atoms with Gasteiger partial charge in [0.05, 0.1) is 0 Å². The van der Waals surface area contributed by atoms with Gasteiger partial charge in [0.2, 0.25) is 0 Å². The van der Waals surface area contributed by atoms with Crippen LogP contribution in [0.4, 0.5) is 0 Å². The van der Waals surface area contributed by atoms with Crippen LogP contribution >= 0.6 is 0 Å². The zero-order valence-electron chi connectivity index (χ0n) is 12.9. The molecule has 0 bridgehead atoms. The number of nitrogens with zero attached hydrogens (tertiary/aromatic N) is 1. The molecule has 1 aliphatic heterocycles. The normalized spacial score (nSPS) is 24.6. The molecule has 1 aromatic rings. The Bertz CT molecular complexity index is 540. The van der Waals surface area contributed by atoms with Gasteiger partial charge in [-0.25, -0.2) is 0 Å². The second kappa shape index (κ2) is 4.93. The molecule has 0 aliphatic carbocycles. The number of carbonyl (C=O) groups excluding carboxylic acids is 1. The van der Waals surface area contributed by atoms with E-state index >= 15 is 0 Å². The minimum Gasteiger partial charge on any atom is -0.338 e. The zero-order chi connectivity index (χ0) is 15.0. The highest BCUT2D eigenvalue weighted by atomic mass is 16.2. The second-order valence-corrected chi connectivity index (χ2v) is 6.35. The minimum atomic E-state index is -0.746. The van der Waals surface area contributed by atoms with E-state index in [1.54, 1.807) is 0 Å². The summed E-state index contributed by atoms with van der Waals surface area (Å²) in [5, 5.41) is 5.97. The van der Waals surface area contributed by atoms with E-state index in [0.29, 0.717) is 12.5 Å². The molecule has 0 spiro atoms. The Morgan fingerprint density at radius 3 is 2.30 bits per heavy atom. The average molecular weight is 273 g/mol. The molecule has 4 nitrogen and oxygen atoms in total. The molecule has 1 atom stereocenters. The van der Waals surface area contributed by atoms with Crippen LogP contribution in [0.25, 0.3) is 0 Å². The molecule has 4 heteroatoms. The number of aliphatic imine (C=N–C) groups is 1. The highest BCUT2D eigenvalue weighted by Gasteiger charge is 2.42. The lowest BCUT2D eigenvalue weighted by molar-refractivity contribution is -0.123. The zero-order valence-corrected chi connectivity index (χ0v) is 12.9. The standard InChI is InChI=1S/C16H23N3O/c1-6-17-14-18-13(20)16(5,19-14)12-9-7-11(8-10-12)15(2,3)4/h7-10H,6H2,1-5H3,(H2,17,18,19,20). The third-order valence-electron chi connectivity index (χ3n) is 3.70. The highest BCUT2D eigenvalue weighted by molar-refractivity contribution is 6.09. The van der Waals surface area contributed by atoms with Crippen LogP contribution in [-0.2, 0) is 15.7 Å². The fourth-order valence-corrected chi connectivity index (χ4v) is 2.30. The molecule has 0 saturated carbocycles. The quantitative estimate of drug-likeness (QED) is 0.868. The molecule has 1 unspecified atom stereocenters. The smallest absolute Gasteiger partial charge is 0.256 e. The Labute approximate surface area is 120 Å². The molecule has 1 fully saturated rings. The molecule has 1 heterocycles. The van der Waals surface area contributed by atoms with E-state index in [0.717, 1.165) is 5.56 Å². The van der Waals surface area contributed by atoms with E-state index in [-0.39, 0.29) is 11.3 Å². The molecule has 1 amide bonds. The summed E-state index contributed by atoms with van der Waals surface area (Å²) in [6.45, 7) is 11.0. The molecule has 108 valence electrons. The van der Waals surface area contributed by atoms with Crippen molar-refractivity contribution in [2.45, 2.75) is 45.6 Å². The Morgan fingerprint density at radius 1 is 1.20 bits per heavy atom. The molecule has 0 radical (unpaired) electrons. The summed E-state index contributed by atoms with van der Waals surface area (Å²) in [5.41, 5.74) is 1.57. The Morgan fingerprint density at radius 2 is 1.80 bits per heavy atom. The molecular weight excluding hydrogens is 250 g/mol. The van der Waals surface area contributed by atoms with Gasteiger partial charge in [0.15, 0.2) is 5.96 Å². The second-order valence-electron chi connectivity index (χ2n) is 6.35. The van der Waals surface area contributed by atoms with Crippen molar-refractivity contribution < 1.29 is 4.79 Å². The van der Waals surface area contributed by atoms with Gasteiger partial charge in [-0.3, -0.25) is 15.1 Å². The largest absolute Gasteiger partial charge is 0.338 e. The van der Waals surface area contributed by atoms with Crippen molar-refractivity contribution in [2.75, 3.05) is 6.54 Å². The number of amides is 1. The molecule has 1 aromatic carbocycles. The number of hydrogen-bond acceptors (Lipinski definition) is 2. The third kappa shape index (κ3) is 2.55. The fourth-order valence-electron chi connectivity index (χ4n) is 2.30. The van der Waals surface area contributed by atoms with Crippen LogP contribution in [0.3, 0.4) is 0 Å². The molecular formula is C16H23N3O. The summed E-state index contributed by atoms with van der Waals surface area (Å²) < 4.78 is 0. The number of guanidine groups is 1. The molecule has 1 saturated heterocycles. The summed E-state index contributed by atoms with van der Waals surface area (Å²) in [6.07, 6.45) is 0. The van der Waals surface area contributed by atoms with Gasteiger partial charge in [0.25, 0.3) is 5.91 Å². The lowest BCUT2D eigenvalue weighted by Gasteiger charge is -2.24. The van der Waals surface area contributed by atoms with E-state index in [1.165, 1.54) is 5.56 Å². The van der Waals surface area contributed by atoms with Crippen LogP contribution in [0, 0.1) is 0 Å². The monoisotopic (exact) mass is 273 g/mol. The van der Waals surface area contributed by atoms with Crippen LogP contribution in [0.5, 0.6) is 0 Å². The topological polar surface area (TPSA) is 53.5 Å². The maximum Gasteiger partial charge on any atom is 0.256 e. The van der Waals surface area contributed by atoms with Crippen LogP contribution in [0.2, 0.25) is 0 Å². The van der Waals surface area contributed by atoms with E-state index < -0.39 is 5.54 Å². The molecule has 20 heavy (non-hydrogen) atoms. The van der Waals surface area contributed by atoms with Gasteiger partial charge < -0.3 is 5.32 Å². The van der Waals surface area contributed by atoms with Crippen LogP contribution in [0.1, 0.15) is 45.7 Å². The summed E-state index contributed by atoms with van der Waals surface area (Å²) in [5.74, 6) is 0.494. The lowest BCUT2D eigenvalue weighted by atomic mass is 9.84. The van der Waals surface area contributed by atoms with Crippen molar-refractivity contribution >= 4 is 11.9 Å². The number of benzene rings is 1. The first-order valence-electron chi connectivity index (χ1n) is 7.02. The van der Waals surface area contributed by atoms with E-state index in [4.69, 9.17) is 0 Å². The van der Waals surface area contributed by atoms with E-state index in [9.17, 15) is 4.79 Å². The maximum atomic E-state index is 12.2. The van der Waals surface area contributed by atoms with Crippen molar-refractivity contribution in [3.05, 3.63) is 35.4 Å². The lowest BCUT2D eigenvalue weighted by Crippen LogP contribution is -2.40. The Kier molecular flexibility index (Phi) is 3.59. The van der Waals surface area contributed by atoms with Crippen LogP contribution < -0.4 is 10.6 Å². The third-order valence-corrected chi connectivity index (χ3v) is 3.70. The Hall–Kier alpha value is -1.84. The number of rotatable bonds is 2. The first-order chi connectivity index (χ1) is 9.27. The van der Waals surface area contributed by atoms with E-state index in [1.807, 2.05) is 26.0 Å². The van der Waals surface area contributed by atoms with Gasteiger partial charge in [-0.05, 0) is 30.4 Å². The van der Waals surface area contributed by atoms with E-state index in [2.05, 4.69) is 48.5 Å². The van der Waals surface area contributed by atoms with Crippen LogP contribution in [-0.4, -0.2) is 18.4 Å². The van der Waals surface area contributed by atoms with Gasteiger partial charge in [0, 0.05) is 6.54 Å². The average Bonchev–Trinajstić information content (AvgIpc) is 2.65. The van der Waals surface area contributed by atoms with Gasteiger partial charge in [-0.2, -0.15) is 0 Å². The predicted octanol–water partition coefficient (Wildman–Crippen LogP) is 2.29. The summed E-state index contributed by atoms with van der Waals surface area (Å²) in [6, 6.07) is 8.21. The summed E-state index contributed by atoms with van der Waals surface area (Å²) in [7, 11) is 0. The van der Waals surface area contributed by atoms with Crippen molar-refractivity contribution in [3.63, 3.8) is 0 Å². The van der Waals surface area contributed by atoms with Crippen molar-refractivity contribution in [1.29, 1.82) is 0 Å². The SMILES string of the molecule is CCN=C1NC(=O)C(C)(c2ccc(C(C)(C)C)cc2)N1. The fraction of sp³-hybridized carbons (Fsp3) is 0.500. The summed E-state index contributed by atoms with van der Waals surface area (Å²) >= 11 is 0. The van der Waals surface area contributed by atoms with Crippen molar-refractivity contribution in [3.8, 4) is 0 Å². The molecule has 2 N–H and O–H groups in total. The molecule has 0 aromatic heterocycles. The Balaban J connectivity index is 2.32. The number of nitrogens with one attached hydrogen (secondary N) is 2. The minimum absolute atomic E-state index is 0.0618. The summed E-state index contributed by atoms with van der Waals surface area (Å²) in [4.78, 5) is 16.4. The van der Waals surface area contributed by atoms with Crippen LogP contribution in [0.15, 0.2) is 29.3 Å². The molecule has 1 aliphatic rings. The predicted molar refractivity (Wildman–Crippen MR) is 81.7 cm³/mol. The number of hydrogen-bond donors (Lipinski definition) is 2. The van der Waals surface area contributed by atoms with Crippen molar-refractivity contribution in [2.24, 2.45) is 4.99 Å². The first-order valence-corrected chi connectivity index (χ1v) is 7.02. The van der Waals surface area contributed by atoms with Crippen molar-refractivity contribution in [1.82, 2.24) is 10.6 Å². The highest BCUT2D eigenvalue weighted by Crippen LogP contribution is 2.28. The van der Waals surface area contributed by atoms with Gasteiger partial charge in [0.1, 0.15) is 5.54 Å². The van der Waals surface area contributed by atoms with Gasteiger partial charge in [-0.15, -0.1) is 0 Å².